The van der Waals surface area contributed by atoms with Gasteiger partial charge in [-0.3, -0.25) is 10.1 Å². The zero-order chi connectivity index (χ0) is 16.7. The quantitative estimate of drug-likeness (QED) is 0.788. The van der Waals surface area contributed by atoms with Crippen molar-refractivity contribution in [2.75, 3.05) is 19.5 Å². The summed E-state index contributed by atoms with van der Waals surface area (Å²) in [7, 11) is 3.17. The van der Waals surface area contributed by atoms with Crippen molar-refractivity contribution in [3.8, 4) is 11.5 Å². The van der Waals surface area contributed by atoms with Crippen molar-refractivity contribution in [3.63, 3.8) is 0 Å². The van der Waals surface area contributed by atoms with Crippen molar-refractivity contribution in [2.24, 2.45) is 0 Å². The number of methoxy groups -OCH3 is 2. The Labute approximate surface area is 139 Å². The molecule has 1 N–H and O–H groups in total. The summed E-state index contributed by atoms with van der Waals surface area (Å²) in [6.07, 6.45) is 4.96. The molecule has 122 valence electrons. The lowest BCUT2D eigenvalue weighted by molar-refractivity contribution is -0.111. The number of aromatic nitrogens is 2. The Kier molecular flexibility index (Phi) is 6.10. The topological polar surface area (TPSA) is 73.3 Å². The van der Waals surface area contributed by atoms with Crippen LogP contribution < -0.4 is 14.8 Å². The molecule has 7 heteroatoms. The molecule has 0 fully saturated rings. The van der Waals surface area contributed by atoms with Gasteiger partial charge < -0.3 is 9.47 Å². The molecule has 0 spiro atoms. The average molecular weight is 333 g/mol. The van der Waals surface area contributed by atoms with Crippen molar-refractivity contribution in [1.29, 1.82) is 0 Å². The zero-order valence-electron chi connectivity index (χ0n) is 13.3. The van der Waals surface area contributed by atoms with E-state index in [0.717, 1.165) is 23.4 Å². The number of benzene rings is 1. The molecule has 2 rings (SSSR count). The van der Waals surface area contributed by atoms with E-state index in [9.17, 15) is 4.79 Å². The number of ether oxygens (including phenoxy) is 2. The normalized spacial score (nSPS) is 10.7. The van der Waals surface area contributed by atoms with Crippen molar-refractivity contribution < 1.29 is 14.3 Å². The standard InChI is InChI=1S/C16H19N3O3S/c1-4-5-15-18-19-16(23-15)17-14(20)9-6-11-10-12(21-2)7-8-13(11)22-3/h6-10H,4-5H2,1-3H3,(H,17,19,20)/b9-6+. The molecule has 0 bridgehead atoms. The second kappa shape index (κ2) is 8.28. The van der Waals surface area contributed by atoms with E-state index in [4.69, 9.17) is 9.47 Å². The van der Waals surface area contributed by atoms with Crippen molar-refractivity contribution >= 4 is 28.5 Å². The number of rotatable bonds is 7. The summed E-state index contributed by atoms with van der Waals surface area (Å²) >= 11 is 1.39. The molecule has 1 heterocycles. The first kappa shape index (κ1) is 17.0. The minimum atomic E-state index is -0.269. The van der Waals surface area contributed by atoms with E-state index >= 15 is 0 Å². The Bertz CT molecular complexity index is 698. The van der Waals surface area contributed by atoms with Gasteiger partial charge in [0.05, 0.1) is 14.2 Å². The molecule has 0 saturated heterocycles. The summed E-state index contributed by atoms with van der Waals surface area (Å²) in [6.45, 7) is 2.07. The van der Waals surface area contributed by atoms with Crippen LogP contribution in [0.1, 0.15) is 23.9 Å². The van der Waals surface area contributed by atoms with Crippen LogP contribution in [0.4, 0.5) is 5.13 Å². The molecule has 0 aliphatic rings. The first-order valence-electron chi connectivity index (χ1n) is 7.19. The van der Waals surface area contributed by atoms with Crippen molar-refractivity contribution in [3.05, 3.63) is 34.8 Å². The molecule has 0 aliphatic carbocycles. The minimum Gasteiger partial charge on any atom is -0.497 e. The molecular weight excluding hydrogens is 314 g/mol. The number of carbonyl (C=O) groups excluding carboxylic acids is 1. The summed E-state index contributed by atoms with van der Waals surface area (Å²) < 4.78 is 10.4. The van der Waals surface area contributed by atoms with Crippen LogP contribution in [0.25, 0.3) is 6.08 Å². The average Bonchev–Trinajstić information content (AvgIpc) is 3.00. The minimum absolute atomic E-state index is 0.269. The lowest BCUT2D eigenvalue weighted by Crippen LogP contribution is -2.07. The van der Waals surface area contributed by atoms with Crippen LogP contribution in [0.15, 0.2) is 24.3 Å². The van der Waals surface area contributed by atoms with Gasteiger partial charge in [0.2, 0.25) is 11.0 Å². The van der Waals surface area contributed by atoms with Crippen LogP contribution in [0.3, 0.4) is 0 Å². The highest BCUT2D eigenvalue weighted by Gasteiger charge is 2.06. The summed E-state index contributed by atoms with van der Waals surface area (Å²) in [5.74, 6) is 1.09. The van der Waals surface area contributed by atoms with Crippen LogP contribution in [-0.4, -0.2) is 30.3 Å². The molecule has 0 aliphatic heterocycles. The number of hydrogen-bond donors (Lipinski definition) is 1. The maximum Gasteiger partial charge on any atom is 0.250 e. The third-order valence-electron chi connectivity index (χ3n) is 3.01. The number of nitrogens with one attached hydrogen (secondary N) is 1. The van der Waals surface area contributed by atoms with Crippen molar-refractivity contribution in [1.82, 2.24) is 10.2 Å². The lowest BCUT2D eigenvalue weighted by Gasteiger charge is -2.07. The van der Waals surface area contributed by atoms with Crippen LogP contribution in [0.5, 0.6) is 11.5 Å². The number of nitrogens with zero attached hydrogens (tertiary/aromatic N) is 2. The van der Waals surface area contributed by atoms with Gasteiger partial charge in [-0.25, -0.2) is 0 Å². The Hall–Kier alpha value is -2.41. The van der Waals surface area contributed by atoms with E-state index in [1.54, 1.807) is 38.5 Å². The molecule has 0 radical (unpaired) electrons. The van der Waals surface area contributed by atoms with E-state index in [2.05, 4.69) is 22.4 Å². The van der Waals surface area contributed by atoms with Gasteiger partial charge in [0.15, 0.2) is 0 Å². The fourth-order valence-electron chi connectivity index (χ4n) is 1.90. The molecule has 1 aromatic heterocycles. The highest BCUT2D eigenvalue weighted by atomic mass is 32.1. The predicted molar refractivity (Wildman–Crippen MR) is 91.1 cm³/mol. The van der Waals surface area contributed by atoms with Gasteiger partial charge in [-0.2, -0.15) is 0 Å². The maximum absolute atomic E-state index is 12.0. The highest BCUT2D eigenvalue weighted by Crippen LogP contribution is 2.25. The highest BCUT2D eigenvalue weighted by molar-refractivity contribution is 7.15. The molecule has 0 unspecified atom stereocenters. The summed E-state index contributed by atoms with van der Waals surface area (Å²) in [5, 5.41) is 12.1. The van der Waals surface area contributed by atoms with Crippen molar-refractivity contribution in [2.45, 2.75) is 19.8 Å². The van der Waals surface area contributed by atoms with E-state index in [1.807, 2.05) is 0 Å². The Morgan fingerprint density at radius 1 is 1.30 bits per heavy atom. The molecule has 6 nitrogen and oxygen atoms in total. The van der Waals surface area contributed by atoms with Gasteiger partial charge in [-0.1, -0.05) is 18.3 Å². The fourth-order valence-corrected chi connectivity index (χ4v) is 2.75. The molecule has 1 aromatic carbocycles. The summed E-state index contributed by atoms with van der Waals surface area (Å²) in [4.78, 5) is 12.0. The Morgan fingerprint density at radius 3 is 2.83 bits per heavy atom. The van der Waals surface area contributed by atoms with Gasteiger partial charge in [0, 0.05) is 18.1 Å². The number of anilines is 1. The first-order valence-corrected chi connectivity index (χ1v) is 8.01. The number of hydrogen-bond acceptors (Lipinski definition) is 6. The molecule has 2 aromatic rings. The van der Waals surface area contributed by atoms with Crippen LogP contribution >= 0.6 is 11.3 Å². The third kappa shape index (κ3) is 4.79. The summed E-state index contributed by atoms with van der Waals surface area (Å²) in [5.41, 5.74) is 0.755. The Balaban J connectivity index is 2.05. The van der Waals surface area contributed by atoms with Gasteiger partial charge in [0.25, 0.3) is 0 Å². The molecule has 23 heavy (non-hydrogen) atoms. The molecular formula is C16H19N3O3S. The largest absolute Gasteiger partial charge is 0.497 e. The number of carbonyl (C=O) groups is 1. The van der Waals surface area contributed by atoms with E-state index in [-0.39, 0.29) is 5.91 Å². The van der Waals surface area contributed by atoms with Gasteiger partial charge in [0.1, 0.15) is 16.5 Å². The number of amides is 1. The fraction of sp³-hybridized carbons (Fsp3) is 0.312. The second-order valence-corrected chi connectivity index (χ2v) is 5.74. The molecule has 0 atom stereocenters. The molecule has 0 saturated carbocycles. The smallest absolute Gasteiger partial charge is 0.250 e. The van der Waals surface area contributed by atoms with Crippen LogP contribution in [0.2, 0.25) is 0 Å². The van der Waals surface area contributed by atoms with Gasteiger partial charge >= 0.3 is 0 Å². The summed E-state index contributed by atoms with van der Waals surface area (Å²) in [6, 6.07) is 5.39. The third-order valence-corrected chi connectivity index (χ3v) is 3.91. The van der Waals surface area contributed by atoms with Crippen LogP contribution in [-0.2, 0) is 11.2 Å². The van der Waals surface area contributed by atoms with E-state index in [1.165, 1.54) is 17.4 Å². The Morgan fingerprint density at radius 2 is 2.13 bits per heavy atom. The van der Waals surface area contributed by atoms with E-state index in [0.29, 0.717) is 16.6 Å². The predicted octanol–water partition coefficient (Wildman–Crippen LogP) is 3.16. The number of aryl methyl sites for hydroxylation is 1. The van der Waals surface area contributed by atoms with Crippen LogP contribution in [0, 0.1) is 0 Å². The SMILES string of the molecule is CCCc1nnc(NC(=O)/C=C/c2cc(OC)ccc2OC)s1. The maximum atomic E-state index is 12.0. The lowest BCUT2D eigenvalue weighted by atomic mass is 10.1. The van der Waals surface area contributed by atoms with Gasteiger partial charge in [-0.15, -0.1) is 10.2 Å². The van der Waals surface area contributed by atoms with Gasteiger partial charge in [-0.05, 0) is 30.7 Å². The zero-order valence-corrected chi connectivity index (χ0v) is 14.1. The first-order chi connectivity index (χ1) is 11.2. The molecule has 1 amide bonds. The monoisotopic (exact) mass is 333 g/mol. The van der Waals surface area contributed by atoms with E-state index < -0.39 is 0 Å². The second-order valence-electron chi connectivity index (χ2n) is 4.68.